The average molecular weight is 1120 g/mol. The SMILES string of the molecule is CC/C=C\C/C=C\C/C=C\C/C=C\C/C=C\C/C=C\C/C=C\C/C=C\C/C=C\C/C=C\CCCCC(=O)NC(COP(=O)([O-])OCC[N+](C)(C)C)C(O)CCCCCCCCCCCCCCCCCCCCCCCCCC. The minimum Gasteiger partial charge on any atom is -0.756 e. The van der Waals surface area contributed by atoms with Crippen molar-refractivity contribution in [2.45, 2.75) is 276 Å². The van der Waals surface area contributed by atoms with E-state index < -0.39 is 20.0 Å². The number of rotatable bonds is 58. The number of unbranched alkanes of at least 4 members (excludes halogenated alkanes) is 25. The lowest BCUT2D eigenvalue weighted by molar-refractivity contribution is -0.870. The van der Waals surface area contributed by atoms with Gasteiger partial charge in [0.1, 0.15) is 13.2 Å². The molecule has 3 unspecified atom stereocenters. The van der Waals surface area contributed by atoms with Gasteiger partial charge in [0.2, 0.25) is 5.91 Å². The van der Waals surface area contributed by atoms with E-state index in [1.54, 1.807) is 0 Å². The molecule has 0 aliphatic rings. The third kappa shape index (κ3) is 62.4. The van der Waals surface area contributed by atoms with Crippen molar-refractivity contribution in [3.63, 3.8) is 0 Å². The van der Waals surface area contributed by atoms with Gasteiger partial charge in [-0.05, 0) is 89.9 Å². The Hall–Kier alpha value is -3.10. The van der Waals surface area contributed by atoms with Crippen LogP contribution in [0.25, 0.3) is 0 Å². The molecule has 0 saturated heterocycles. The fourth-order valence-corrected chi connectivity index (χ4v) is 9.67. The highest BCUT2D eigenvalue weighted by atomic mass is 31.2. The van der Waals surface area contributed by atoms with Crippen LogP contribution in [0.2, 0.25) is 0 Å². The highest BCUT2D eigenvalue weighted by Crippen LogP contribution is 2.38. The Labute approximate surface area is 488 Å². The van der Waals surface area contributed by atoms with E-state index >= 15 is 0 Å². The third-order valence-corrected chi connectivity index (χ3v) is 14.9. The van der Waals surface area contributed by atoms with E-state index in [1.165, 1.54) is 135 Å². The fourth-order valence-electron chi connectivity index (χ4n) is 8.95. The molecule has 1 amide bonds. The fraction of sp³-hybridized carbons (Fsp3) is 0.700. The highest BCUT2D eigenvalue weighted by molar-refractivity contribution is 7.45. The van der Waals surface area contributed by atoms with E-state index in [2.05, 4.69) is 141 Å². The first kappa shape index (κ1) is 75.9. The molecule has 79 heavy (non-hydrogen) atoms. The number of amides is 1. The van der Waals surface area contributed by atoms with Gasteiger partial charge >= 0.3 is 0 Å². The summed E-state index contributed by atoms with van der Waals surface area (Å²) in [6.45, 7) is 4.59. The smallest absolute Gasteiger partial charge is 0.268 e. The maximum Gasteiger partial charge on any atom is 0.268 e. The van der Waals surface area contributed by atoms with E-state index in [4.69, 9.17) is 9.05 Å². The number of nitrogens with one attached hydrogen (secondary N) is 1. The number of carbonyl (C=O) groups is 1. The number of phosphoric ester groups is 1. The first-order valence-corrected chi connectivity index (χ1v) is 33.8. The van der Waals surface area contributed by atoms with Crippen LogP contribution in [0, 0.1) is 0 Å². The summed E-state index contributed by atoms with van der Waals surface area (Å²) in [6, 6.07) is -0.835. The Bertz CT molecular complexity index is 1700. The van der Waals surface area contributed by atoms with Gasteiger partial charge in [-0.15, -0.1) is 0 Å². The minimum atomic E-state index is -4.60. The van der Waals surface area contributed by atoms with Gasteiger partial charge in [-0.25, -0.2) is 0 Å². The monoisotopic (exact) mass is 1120 g/mol. The molecule has 0 rings (SSSR count). The van der Waals surface area contributed by atoms with Crippen LogP contribution >= 0.6 is 7.82 Å². The van der Waals surface area contributed by atoms with Gasteiger partial charge in [-0.1, -0.05) is 289 Å². The van der Waals surface area contributed by atoms with Crippen molar-refractivity contribution in [2.24, 2.45) is 0 Å². The lowest BCUT2D eigenvalue weighted by Gasteiger charge is -2.30. The lowest BCUT2D eigenvalue weighted by atomic mass is 10.0. The zero-order valence-corrected chi connectivity index (χ0v) is 52.7. The molecule has 0 aromatic rings. The number of hydrogen-bond donors (Lipinski definition) is 2. The minimum absolute atomic E-state index is 0.00276. The van der Waals surface area contributed by atoms with Crippen molar-refractivity contribution >= 4 is 13.7 Å². The molecule has 0 bridgehead atoms. The topological polar surface area (TPSA) is 108 Å². The van der Waals surface area contributed by atoms with Gasteiger partial charge in [0, 0.05) is 6.42 Å². The predicted octanol–water partition coefficient (Wildman–Crippen LogP) is 19.9. The van der Waals surface area contributed by atoms with Crippen molar-refractivity contribution in [2.75, 3.05) is 40.9 Å². The van der Waals surface area contributed by atoms with Crippen molar-refractivity contribution in [1.29, 1.82) is 0 Å². The number of aliphatic hydroxyl groups excluding tert-OH is 1. The zero-order chi connectivity index (χ0) is 57.7. The Morgan fingerprint density at radius 3 is 1.10 bits per heavy atom. The van der Waals surface area contributed by atoms with Crippen molar-refractivity contribution in [3.05, 3.63) is 122 Å². The molecular weight excluding hydrogens is 996 g/mol. The van der Waals surface area contributed by atoms with Gasteiger partial charge in [0.15, 0.2) is 0 Å². The molecule has 0 heterocycles. The molecule has 0 saturated carbocycles. The van der Waals surface area contributed by atoms with Crippen LogP contribution in [0.4, 0.5) is 0 Å². The number of phosphoric acid groups is 1. The van der Waals surface area contributed by atoms with Crippen LogP contribution < -0.4 is 10.2 Å². The van der Waals surface area contributed by atoms with Crippen molar-refractivity contribution in [1.82, 2.24) is 5.32 Å². The van der Waals surface area contributed by atoms with Crippen LogP contribution in [0.1, 0.15) is 264 Å². The molecule has 8 nitrogen and oxygen atoms in total. The van der Waals surface area contributed by atoms with E-state index in [9.17, 15) is 19.4 Å². The Morgan fingerprint density at radius 2 is 0.772 bits per heavy atom. The number of hydrogen-bond acceptors (Lipinski definition) is 6. The predicted molar refractivity (Wildman–Crippen MR) is 343 cm³/mol. The summed E-state index contributed by atoms with van der Waals surface area (Å²) < 4.78 is 23.5. The Balaban J connectivity index is 4.25. The molecule has 2 N–H and O–H groups in total. The van der Waals surface area contributed by atoms with Crippen LogP contribution in [0.5, 0.6) is 0 Å². The summed E-state index contributed by atoms with van der Waals surface area (Å²) in [4.78, 5) is 25.6. The van der Waals surface area contributed by atoms with Crippen LogP contribution in [0.3, 0.4) is 0 Å². The molecule has 0 aromatic carbocycles. The van der Waals surface area contributed by atoms with Crippen LogP contribution in [-0.2, 0) is 18.4 Å². The second kappa shape index (κ2) is 59.5. The van der Waals surface area contributed by atoms with Crippen molar-refractivity contribution < 1.29 is 32.9 Å². The quantitative estimate of drug-likeness (QED) is 0.0272. The van der Waals surface area contributed by atoms with Crippen molar-refractivity contribution in [3.8, 4) is 0 Å². The van der Waals surface area contributed by atoms with Gasteiger partial charge < -0.3 is 28.8 Å². The molecule has 0 radical (unpaired) electrons. The molecular formula is C70H123N2O6P. The van der Waals surface area contributed by atoms with E-state index in [0.29, 0.717) is 30.3 Å². The first-order valence-electron chi connectivity index (χ1n) is 32.4. The first-order chi connectivity index (χ1) is 38.5. The standard InChI is InChI=1S/C70H123N2O6P/c1-6-8-10-12-14-16-18-20-22-24-26-28-30-32-33-34-35-36-37-38-39-40-42-44-46-48-50-52-54-56-58-60-62-64-70(74)71-68(67-78-79(75,76)77-66-65-72(3,4)5)69(73)63-61-59-57-55-53-51-49-47-45-43-41-31-29-27-25-23-21-19-17-15-13-11-9-7-2/h8,10,14,16,20,22,26,28,32-33,35-36,38-39,42,44,48,50,54,56,68-69,73H,6-7,9,11-13,15,17-19,21,23-25,27,29-31,34,37,40-41,43,45-47,49,51-53,55,57-67H2,1-5H3,(H-,71,74,75,76)/b10-8-,16-14-,22-20-,28-26-,33-32-,36-35-,39-38-,44-42-,50-48-,56-54-. The molecule has 0 aliphatic carbocycles. The second-order valence-corrected chi connectivity index (χ2v) is 24.2. The lowest BCUT2D eigenvalue weighted by Crippen LogP contribution is -2.46. The van der Waals surface area contributed by atoms with E-state index in [0.717, 1.165) is 96.3 Å². The van der Waals surface area contributed by atoms with Crippen LogP contribution in [-0.4, -0.2) is 68.5 Å². The van der Waals surface area contributed by atoms with Gasteiger partial charge in [0.05, 0.1) is 39.9 Å². The summed E-state index contributed by atoms with van der Waals surface area (Å²) >= 11 is 0. The third-order valence-electron chi connectivity index (χ3n) is 14.0. The largest absolute Gasteiger partial charge is 0.756 e. The average Bonchev–Trinajstić information content (AvgIpc) is 3.42. The number of quaternary nitrogens is 1. The summed E-state index contributed by atoms with van der Waals surface area (Å²) in [7, 11) is 1.26. The number of nitrogens with zero attached hydrogens (tertiary/aromatic N) is 1. The van der Waals surface area contributed by atoms with Gasteiger partial charge in [-0.3, -0.25) is 9.36 Å². The van der Waals surface area contributed by atoms with Crippen LogP contribution in [0.15, 0.2) is 122 Å². The molecule has 0 aliphatic heterocycles. The van der Waals surface area contributed by atoms with Gasteiger partial charge in [-0.2, -0.15) is 0 Å². The summed E-state index contributed by atoms with van der Waals surface area (Å²) in [5.41, 5.74) is 0. The molecule has 0 spiro atoms. The second-order valence-electron chi connectivity index (χ2n) is 22.7. The Kier molecular flexibility index (Phi) is 57.2. The number of likely N-dealkylation sites (N-methyl/N-ethyl adjacent to an activating group) is 1. The normalized spacial score (nSPS) is 14.6. The number of allylic oxidation sites excluding steroid dienone is 20. The Morgan fingerprint density at radius 1 is 0.456 bits per heavy atom. The number of aliphatic hydroxyl groups is 1. The highest BCUT2D eigenvalue weighted by Gasteiger charge is 2.24. The molecule has 3 atom stereocenters. The summed E-state index contributed by atoms with van der Waals surface area (Å²) in [6.07, 6.45) is 88.2. The maximum absolute atomic E-state index is 13.0. The summed E-state index contributed by atoms with van der Waals surface area (Å²) in [5, 5.41) is 14.0. The molecule has 0 fully saturated rings. The zero-order valence-electron chi connectivity index (χ0n) is 51.8. The number of carbonyl (C=O) groups excluding carboxylic acids is 1. The molecule has 454 valence electrons. The summed E-state index contributed by atoms with van der Waals surface area (Å²) in [5.74, 6) is -0.209. The van der Waals surface area contributed by atoms with E-state index in [1.807, 2.05) is 21.1 Å². The van der Waals surface area contributed by atoms with Gasteiger partial charge in [0.25, 0.3) is 7.82 Å². The molecule has 9 heteroatoms. The van der Waals surface area contributed by atoms with E-state index in [-0.39, 0.29) is 19.1 Å². The maximum atomic E-state index is 13.0. The molecule has 0 aromatic heterocycles.